The second-order valence-electron chi connectivity index (χ2n) is 6.41. The number of fused-ring (bicyclic) bond motifs is 1. The van der Waals surface area contributed by atoms with E-state index in [0.29, 0.717) is 32.8 Å². The number of likely N-dealkylation sites (N-methyl/N-ethyl adjacent to an activating group) is 1. The minimum atomic E-state index is -0.0794. The van der Waals surface area contributed by atoms with Crippen LogP contribution in [-0.2, 0) is 16.6 Å². The molecule has 0 saturated carbocycles. The largest absolute Gasteiger partial charge is 0.378 e. The summed E-state index contributed by atoms with van der Waals surface area (Å²) in [6.07, 6.45) is 1.53. The lowest BCUT2D eigenvalue weighted by Crippen LogP contribution is -2.47. The highest BCUT2D eigenvalue weighted by Gasteiger charge is 2.31. The summed E-state index contributed by atoms with van der Waals surface area (Å²) >= 11 is 1.55. The van der Waals surface area contributed by atoms with Gasteiger partial charge in [-0.05, 0) is 19.1 Å². The van der Waals surface area contributed by atoms with Crippen molar-refractivity contribution in [2.24, 2.45) is 7.05 Å². The van der Waals surface area contributed by atoms with Crippen LogP contribution in [0.2, 0.25) is 0 Å². The van der Waals surface area contributed by atoms with Gasteiger partial charge in [0.2, 0.25) is 5.91 Å². The van der Waals surface area contributed by atoms with Crippen LogP contribution in [0, 0.1) is 0 Å². The number of carbonyl (C=O) groups excluding carboxylic acids is 1. The zero-order valence-corrected chi connectivity index (χ0v) is 16.2. The first-order valence-electron chi connectivity index (χ1n) is 8.99. The van der Waals surface area contributed by atoms with E-state index in [4.69, 9.17) is 4.74 Å². The molecule has 1 aromatic carbocycles. The summed E-state index contributed by atoms with van der Waals surface area (Å²) in [5.41, 5.74) is 0.923. The maximum absolute atomic E-state index is 13.1. The summed E-state index contributed by atoms with van der Waals surface area (Å²) in [5.74, 6) is 0.844. The molecule has 0 N–H and O–H groups in total. The molecule has 4 rings (SSSR count). The highest BCUT2D eigenvalue weighted by atomic mass is 32.1. The average Bonchev–Trinajstić information content (AvgIpc) is 3.28. The van der Waals surface area contributed by atoms with Crippen LogP contribution in [-0.4, -0.2) is 63.4 Å². The standard InChI is InChI=1S/C18H22N6O2S/c1-3-24(18-21-13-6-4-5-7-15(13)27-18)16(25)10-23-8-9-26-11-14(23)17-19-12-20-22(17)2/h4-7,12,14H,3,8-11H2,1-2H3. The van der Waals surface area contributed by atoms with E-state index in [2.05, 4.69) is 20.0 Å². The van der Waals surface area contributed by atoms with E-state index in [9.17, 15) is 4.79 Å². The first-order chi connectivity index (χ1) is 13.2. The van der Waals surface area contributed by atoms with Gasteiger partial charge in [-0.2, -0.15) is 5.10 Å². The van der Waals surface area contributed by atoms with Gasteiger partial charge >= 0.3 is 0 Å². The van der Waals surface area contributed by atoms with Gasteiger partial charge in [0, 0.05) is 20.1 Å². The smallest absolute Gasteiger partial charge is 0.242 e. The third-order valence-corrected chi connectivity index (χ3v) is 5.81. The SMILES string of the molecule is CCN(C(=O)CN1CCOCC1c1ncnn1C)c1nc2ccccc2s1. The van der Waals surface area contributed by atoms with Crippen molar-refractivity contribution in [1.82, 2.24) is 24.6 Å². The van der Waals surface area contributed by atoms with E-state index in [1.54, 1.807) is 20.9 Å². The quantitative estimate of drug-likeness (QED) is 0.666. The Hall–Kier alpha value is -2.36. The summed E-state index contributed by atoms with van der Waals surface area (Å²) in [4.78, 5) is 25.9. The number of rotatable bonds is 5. The molecular formula is C18H22N6O2S. The van der Waals surface area contributed by atoms with Crippen molar-refractivity contribution in [3.63, 3.8) is 0 Å². The third kappa shape index (κ3) is 3.58. The topological polar surface area (TPSA) is 76.4 Å². The monoisotopic (exact) mass is 386 g/mol. The van der Waals surface area contributed by atoms with Gasteiger partial charge in [0.05, 0.1) is 36.0 Å². The Morgan fingerprint density at radius 1 is 1.41 bits per heavy atom. The second-order valence-corrected chi connectivity index (χ2v) is 7.41. The predicted molar refractivity (Wildman–Crippen MR) is 104 cm³/mol. The number of amides is 1. The number of para-hydroxylation sites is 1. The lowest BCUT2D eigenvalue weighted by molar-refractivity contribution is -0.122. The van der Waals surface area contributed by atoms with E-state index in [0.717, 1.165) is 21.2 Å². The molecule has 1 amide bonds. The number of nitrogens with zero attached hydrogens (tertiary/aromatic N) is 6. The predicted octanol–water partition coefficient (Wildman–Crippen LogP) is 1.85. The van der Waals surface area contributed by atoms with Gasteiger partial charge in [-0.3, -0.25) is 19.3 Å². The molecule has 1 atom stereocenters. The van der Waals surface area contributed by atoms with Crippen molar-refractivity contribution >= 4 is 32.6 Å². The number of benzene rings is 1. The van der Waals surface area contributed by atoms with Crippen LogP contribution in [0.3, 0.4) is 0 Å². The molecule has 1 unspecified atom stereocenters. The van der Waals surface area contributed by atoms with E-state index in [1.165, 1.54) is 6.33 Å². The molecule has 1 saturated heterocycles. The fourth-order valence-electron chi connectivity index (χ4n) is 3.32. The number of aromatic nitrogens is 4. The van der Waals surface area contributed by atoms with Gasteiger partial charge in [0.15, 0.2) is 5.13 Å². The van der Waals surface area contributed by atoms with Crippen molar-refractivity contribution in [1.29, 1.82) is 0 Å². The maximum Gasteiger partial charge on any atom is 0.242 e. The number of ether oxygens (including phenoxy) is 1. The van der Waals surface area contributed by atoms with Gasteiger partial charge in [-0.1, -0.05) is 23.5 Å². The Morgan fingerprint density at radius 3 is 3.00 bits per heavy atom. The molecule has 1 aliphatic rings. The first-order valence-corrected chi connectivity index (χ1v) is 9.80. The number of thiazole rings is 1. The molecule has 0 bridgehead atoms. The molecule has 0 radical (unpaired) electrons. The van der Waals surface area contributed by atoms with Crippen molar-refractivity contribution in [2.75, 3.05) is 37.7 Å². The molecule has 27 heavy (non-hydrogen) atoms. The van der Waals surface area contributed by atoms with Crippen LogP contribution >= 0.6 is 11.3 Å². The normalized spacial score (nSPS) is 18.1. The van der Waals surface area contributed by atoms with E-state index < -0.39 is 0 Å². The average molecular weight is 386 g/mol. The number of morpholine rings is 1. The van der Waals surface area contributed by atoms with Crippen LogP contribution in [0.1, 0.15) is 18.8 Å². The lowest BCUT2D eigenvalue weighted by atomic mass is 10.2. The second kappa shape index (κ2) is 7.71. The molecular weight excluding hydrogens is 364 g/mol. The first kappa shape index (κ1) is 18.0. The third-order valence-electron chi connectivity index (χ3n) is 4.75. The minimum Gasteiger partial charge on any atom is -0.378 e. The molecule has 0 spiro atoms. The maximum atomic E-state index is 13.1. The Bertz CT molecular complexity index is 906. The highest BCUT2D eigenvalue weighted by Crippen LogP contribution is 2.29. The van der Waals surface area contributed by atoms with E-state index in [-0.39, 0.29) is 11.9 Å². The number of hydrogen-bond acceptors (Lipinski definition) is 7. The minimum absolute atomic E-state index is 0.0330. The molecule has 9 heteroatoms. The molecule has 142 valence electrons. The number of hydrogen-bond donors (Lipinski definition) is 0. The van der Waals surface area contributed by atoms with Crippen molar-refractivity contribution < 1.29 is 9.53 Å². The van der Waals surface area contributed by atoms with Crippen molar-refractivity contribution in [3.05, 3.63) is 36.4 Å². The molecule has 3 aromatic rings. The van der Waals surface area contributed by atoms with Crippen molar-refractivity contribution in [2.45, 2.75) is 13.0 Å². The van der Waals surface area contributed by atoms with Gasteiger partial charge in [-0.25, -0.2) is 9.97 Å². The Morgan fingerprint density at radius 2 is 2.26 bits per heavy atom. The summed E-state index contributed by atoms with van der Waals surface area (Å²) in [5, 5.41) is 4.89. The number of carbonyl (C=O) groups is 1. The molecule has 0 aliphatic carbocycles. The van der Waals surface area contributed by atoms with Gasteiger partial charge in [0.1, 0.15) is 12.2 Å². The fourth-order valence-corrected chi connectivity index (χ4v) is 4.37. The number of aryl methyl sites for hydroxylation is 1. The summed E-state index contributed by atoms with van der Waals surface area (Å²) in [6.45, 7) is 4.65. The van der Waals surface area contributed by atoms with Crippen LogP contribution in [0.4, 0.5) is 5.13 Å². The molecule has 2 aromatic heterocycles. The lowest BCUT2D eigenvalue weighted by Gasteiger charge is -2.35. The van der Waals surface area contributed by atoms with Crippen LogP contribution in [0.5, 0.6) is 0 Å². The van der Waals surface area contributed by atoms with Crippen LogP contribution < -0.4 is 4.90 Å². The zero-order valence-electron chi connectivity index (χ0n) is 15.4. The Labute approximate surface area is 161 Å². The van der Waals surface area contributed by atoms with Gasteiger partial charge in [-0.15, -0.1) is 0 Å². The van der Waals surface area contributed by atoms with E-state index in [1.807, 2.05) is 38.2 Å². The highest BCUT2D eigenvalue weighted by molar-refractivity contribution is 7.22. The summed E-state index contributed by atoms with van der Waals surface area (Å²) in [6, 6.07) is 7.87. The van der Waals surface area contributed by atoms with Gasteiger partial charge < -0.3 is 4.74 Å². The molecule has 1 fully saturated rings. The van der Waals surface area contributed by atoms with Crippen LogP contribution in [0.25, 0.3) is 10.2 Å². The molecule has 1 aliphatic heterocycles. The summed E-state index contributed by atoms with van der Waals surface area (Å²) in [7, 11) is 1.86. The van der Waals surface area contributed by atoms with Gasteiger partial charge in [0.25, 0.3) is 0 Å². The van der Waals surface area contributed by atoms with E-state index >= 15 is 0 Å². The Balaban J connectivity index is 1.54. The Kier molecular flexibility index (Phi) is 5.15. The number of anilines is 1. The fraction of sp³-hybridized carbons (Fsp3) is 0.444. The molecule has 8 nitrogen and oxygen atoms in total. The molecule has 3 heterocycles. The summed E-state index contributed by atoms with van der Waals surface area (Å²) < 4.78 is 8.45. The van der Waals surface area contributed by atoms with Crippen molar-refractivity contribution in [3.8, 4) is 0 Å². The van der Waals surface area contributed by atoms with Crippen LogP contribution in [0.15, 0.2) is 30.6 Å². The zero-order chi connectivity index (χ0) is 18.8.